The number of amides is 1. The number of hydrogen-bond acceptors (Lipinski definition) is 2. The number of carboxylic acid groups (broad SMARTS) is 1. The highest BCUT2D eigenvalue weighted by Gasteiger charge is 2.64. The molecule has 114 valence electrons. The molecule has 0 bridgehead atoms. The van der Waals surface area contributed by atoms with Crippen LogP contribution in [0.1, 0.15) is 53.4 Å². The average molecular weight is 281 g/mol. The predicted octanol–water partition coefficient (Wildman–Crippen LogP) is 2.68. The molecule has 0 spiro atoms. The van der Waals surface area contributed by atoms with Crippen LogP contribution in [0.4, 0.5) is 0 Å². The molecule has 0 heterocycles. The Morgan fingerprint density at radius 3 is 1.85 bits per heavy atom. The molecule has 2 rings (SSSR count). The molecule has 0 aliphatic heterocycles. The third-order valence-corrected chi connectivity index (χ3v) is 6.25. The highest BCUT2D eigenvalue weighted by atomic mass is 16.4. The molecule has 0 aromatic heterocycles. The van der Waals surface area contributed by atoms with Crippen molar-refractivity contribution in [3.05, 3.63) is 0 Å². The third-order valence-electron chi connectivity index (χ3n) is 6.25. The summed E-state index contributed by atoms with van der Waals surface area (Å²) in [6.07, 6.45) is 2.68. The van der Waals surface area contributed by atoms with Gasteiger partial charge in [-0.15, -0.1) is 0 Å². The molecule has 0 atom stereocenters. The lowest BCUT2D eigenvalue weighted by Crippen LogP contribution is -2.36. The van der Waals surface area contributed by atoms with Gasteiger partial charge >= 0.3 is 5.97 Å². The SMILES string of the molecule is CC1(C)C(CNC(=O)C2CCC(C(=O)O)CC2)C1(C)C. The van der Waals surface area contributed by atoms with Crippen molar-refractivity contribution >= 4 is 11.9 Å². The van der Waals surface area contributed by atoms with Crippen molar-refractivity contribution in [2.24, 2.45) is 28.6 Å². The lowest BCUT2D eigenvalue weighted by molar-refractivity contribution is -0.144. The number of carboxylic acids is 1. The number of carbonyl (C=O) groups is 2. The van der Waals surface area contributed by atoms with Gasteiger partial charge in [-0.2, -0.15) is 0 Å². The summed E-state index contributed by atoms with van der Waals surface area (Å²) >= 11 is 0. The van der Waals surface area contributed by atoms with Crippen LogP contribution in [0.15, 0.2) is 0 Å². The Kier molecular flexibility index (Phi) is 3.87. The first kappa shape index (κ1) is 15.3. The van der Waals surface area contributed by atoms with Crippen molar-refractivity contribution in [3.8, 4) is 0 Å². The van der Waals surface area contributed by atoms with Gasteiger partial charge in [-0.3, -0.25) is 9.59 Å². The minimum absolute atomic E-state index is 0.00979. The van der Waals surface area contributed by atoms with E-state index in [2.05, 4.69) is 33.0 Å². The summed E-state index contributed by atoms with van der Waals surface area (Å²) in [5.74, 6) is -0.303. The summed E-state index contributed by atoms with van der Waals surface area (Å²) in [6.45, 7) is 9.76. The first-order valence-electron chi connectivity index (χ1n) is 7.68. The van der Waals surface area contributed by atoms with E-state index < -0.39 is 5.97 Å². The molecule has 1 amide bonds. The van der Waals surface area contributed by atoms with Crippen LogP contribution in [0.5, 0.6) is 0 Å². The average Bonchev–Trinajstić information content (AvgIpc) is 2.77. The van der Waals surface area contributed by atoms with Gasteiger partial charge in [0.1, 0.15) is 0 Å². The highest BCUT2D eigenvalue weighted by Crippen LogP contribution is 2.67. The number of nitrogens with one attached hydrogen (secondary N) is 1. The fourth-order valence-electron chi connectivity index (χ4n) is 3.79. The number of carbonyl (C=O) groups excluding carboxylic acids is 1. The van der Waals surface area contributed by atoms with Gasteiger partial charge in [0.25, 0.3) is 0 Å². The molecule has 4 heteroatoms. The van der Waals surface area contributed by atoms with E-state index in [-0.39, 0.29) is 17.7 Å². The molecule has 0 aromatic carbocycles. The fourth-order valence-corrected chi connectivity index (χ4v) is 3.79. The quantitative estimate of drug-likeness (QED) is 0.832. The van der Waals surface area contributed by atoms with Gasteiger partial charge < -0.3 is 10.4 Å². The summed E-state index contributed by atoms with van der Waals surface area (Å²) in [5.41, 5.74) is 0.586. The van der Waals surface area contributed by atoms with Gasteiger partial charge in [0.05, 0.1) is 5.92 Å². The lowest BCUT2D eigenvalue weighted by Gasteiger charge is -2.25. The van der Waals surface area contributed by atoms with Crippen molar-refractivity contribution in [2.75, 3.05) is 6.54 Å². The minimum Gasteiger partial charge on any atom is -0.481 e. The van der Waals surface area contributed by atoms with Gasteiger partial charge in [0.15, 0.2) is 0 Å². The van der Waals surface area contributed by atoms with Gasteiger partial charge in [-0.25, -0.2) is 0 Å². The van der Waals surface area contributed by atoms with E-state index >= 15 is 0 Å². The second kappa shape index (κ2) is 5.05. The molecule has 0 radical (unpaired) electrons. The molecule has 2 saturated carbocycles. The Labute approximate surface area is 121 Å². The van der Waals surface area contributed by atoms with E-state index in [1.54, 1.807) is 0 Å². The van der Waals surface area contributed by atoms with Crippen LogP contribution in [-0.2, 0) is 9.59 Å². The largest absolute Gasteiger partial charge is 0.481 e. The molecule has 0 unspecified atom stereocenters. The molecule has 2 fully saturated rings. The molecule has 2 aliphatic carbocycles. The third kappa shape index (κ3) is 2.57. The van der Waals surface area contributed by atoms with Crippen molar-refractivity contribution in [3.63, 3.8) is 0 Å². The lowest BCUT2D eigenvalue weighted by atomic mass is 9.81. The summed E-state index contributed by atoms with van der Waals surface area (Å²) < 4.78 is 0. The number of aliphatic carboxylic acids is 1. The van der Waals surface area contributed by atoms with Gasteiger partial charge in [0, 0.05) is 12.5 Å². The zero-order chi connectivity index (χ0) is 15.1. The van der Waals surface area contributed by atoms with Crippen LogP contribution >= 0.6 is 0 Å². The molecule has 20 heavy (non-hydrogen) atoms. The normalized spacial score (nSPS) is 31.6. The minimum atomic E-state index is -0.717. The van der Waals surface area contributed by atoms with Crippen molar-refractivity contribution in [2.45, 2.75) is 53.4 Å². The van der Waals surface area contributed by atoms with Crippen LogP contribution < -0.4 is 5.32 Å². The zero-order valence-electron chi connectivity index (χ0n) is 13.0. The van der Waals surface area contributed by atoms with Crippen LogP contribution in [0.25, 0.3) is 0 Å². The monoisotopic (exact) mass is 281 g/mol. The molecular weight excluding hydrogens is 254 g/mol. The fraction of sp³-hybridized carbons (Fsp3) is 0.875. The van der Waals surface area contributed by atoms with E-state index in [4.69, 9.17) is 5.11 Å². The maximum Gasteiger partial charge on any atom is 0.306 e. The van der Waals surface area contributed by atoms with Crippen LogP contribution in [0.3, 0.4) is 0 Å². The van der Waals surface area contributed by atoms with Gasteiger partial charge in [-0.05, 0) is 42.4 Å². The highest BCUT2D eigenvalue weighted by molar-refractivity contribution is 5.79. The Balaban J connectivity index is 1.76. The first-order chi connectivity index (χ1) is 9.18. The predicted molar refractivity (Wildman–Crippen MR) is 77.1 cm³/mol. The molecule has 2 aliphatic rings. The second-order valence-corrected chi connectivity index (χ2v) is 7.63. The molecular formula is C16H27NO3. The molecule has 0 aromatic rings. The van der Waals surface area contributed by atoms with Crippen LogP contribution in [0.2, 0.25) is 0 Å². The topological polar surface area (TPSA) is 66.4 Å². The van der Waals surface area contributed by atoms with Crippen molar-refractivity contribution in [1.29, 1.82) is 0 Å². The summed E-state index contributed by atoms with van der Waals surface area (Å²) in [4.78, 5) is 23.1. The molecule has 4 nitrogen and oxygen atoms in total. The molecule has 2 N–H and O–H groups in total. The summed E-state index contributed by atoms with van der Waals surface area (Å²) in [7, 11) is 0. The maximum atomic E-state index is 12.2. The standard InChI is InChI=1S/C16H27NO3/c1-15(2)12(16(15,3)4)9-17-13(18)10-5-7-11(8-6-10)14(19)20/h10-12H,5-9H2,1-4H3,(H,17,18)(H,19,20). The first-order valence-corrected chi connectivity index (χ1v) is 7.68. The van der Waals surface area contributed by atoms with E-state index in [9.17, 15) is 9.59 Å². The van der Waals surface area contributed by atoms with Crippen molar-refractivity contribution < 1.29 is 14.7 Å². The van der Waals surface area contributed by atoms with Crippen LogP contribution in [-0.4, -0.2) is 23.5 Å². The number of rotatable bonds is 4. The number of hydrogen-bond donors (Lipinski definition) is 2. The van der Waals surface area contributed by atoms with Crippen LogP contribution in [0, 0.1) is 28.6 Å². The Morgan fingerprint density at radius 1 is 1.00 bits per heavy atom. The van der Waals surface area contributed by atoms with Gasteiger partial charge in [0.2, 0.25) is 5.91 Å². The van der Waals surface area contributed by atoms with E-state index in [0.29, 0.717) is 42.4 Å². The molecule has 0 saturated heterocycles. The smallest absolute Gasteiger partial charge is 0.306 e. The Bertz CT molecular complexity index is 392. The Hall–Kier alpha value is -1.06. The second-order valence-electron chi connectivity index (χ2n) is 7.63. The van der Waals surface area contributed by atoms with E-state index in [1.165, 1.54) is 0 Å². The summed E-state index contributed by atoms with van der Waals surface area (Å²) in [6, 6.07) is 0. The van der Waals surface area contributed by atoms with E-state index in [0.717, 1.165) is 6.54 Å². The van der Waals surface area contributed by atoms with Gasteiger partial charge in [-0.1, -0.05) is 27.7 Å². The Morgan fingerprint density at radius 2 is 1.45 bits per heavy atom. The summed E-state index contributed by atoms with van der Waals surface area (Å²) in [5, 5.41) is 12.0. The zero-order valence-corrected chi connectivity index (χ0v) is 13.0. The van der Waals surface area contributed by atoms with E-state index in [1.807, 2.05) is 0 Å². The van der Waals surface area contributed by atoms with Crippen molar-refractivity contribution in [1.82, 2.24) is 5.32 Å². The maximum absolute atomic E-state index is 12.2.